The maximum atomic E-state index is 11.2. The van der Waals surface area contributed by atoms with Crippen molar-refractivity contribution < 1.29 is 27.8 Å². The van der Waals surface area contributed by atoms with Crippen LogP contribution in [0.2, 0.25) is 0 Å². The third kappa shape index (κ3) is 3.88. The summed E-state index contributed by atoms with van der Waals surface area (Å²) < 4.78 is 6.05. The number of esters is 1. The summed E-state index contributed by atoms with van der Waals surface area (Å²) in [6, 6.07) is 7.53. The van der Waals surface area contributed by atoms with Gasteiger partial charge in [-0.1, -0.05) is 0 Å². The van der Waals surface area contributed by atoms with E-state index in [0.29, 0.717) is 12.2 Å². The molecule has 13 heavy (non-hydrogen) atoms. The molecule has 0 spiro atoms. The summed E-state index contributed by atoms with van der Waals surface area (Å²) in [5.41, 5.74) is 0.653. The topological polar surface area (TPSA) is 26.3 Å². The van der Waals surface area contributed by atoms with Gasteiger partial charge in [0.1, 0.15) is 0 Å². The van der Waals surface area contributed by atoms with E-state index in [-0.39, 0.29) is 18.4 Å². The zero-order chi connectivity index (χ0) is 8.97. The van der Waals surface area contributed by atoms with E-state index in [9.17, 15) is 4.79 Å². The van der Waals surface area contributed by atoms with Gasteiger partial charge in [0.25, 0.3) is 0 Å². The fraction of sp³-hybridized carbons (Fsp3) is 0.222. The normalized spacial score (nSPS) is 8.85. The zero-order valence-corrected chi connectivity index (χ0v) is 11.2. The second kappa shape index (κ2) is 6.12. The van der Waals surface area contributed by atoms with Crippen LogP contribution in [-0.4, -0.2) is 12.6 Å². The summed E-state index contributed by atoms with van der Waals surface area (Å²) in [5.74, 6) is -0.229. The molecule has 4 heteroatoms. The number of hydrogen-bond donors (Lipinski definition) is 0. The number of hydrogen-bond acceptors (Lipinski definition) is 2. The summed E-state index contributed by atoms with van der Waals surface area (Å²) >= 11 is 1.06. The molecule has 0 fully saturated rings. The van der Waals surface area contributed by atoms with Crippen LogP contribution in [0, 0.1) is 0 Å². The van der Waals surface area contributed by atoms with E-state index in [1.165, 1.54) is 4.16 Å². The first-order valence-corrected chi connectivity index (χ1v) is 5.31. The van der Waals surface area contributed by atoms with Crippen molar-refractivity contribution in [3.8, 4) is 0 Å². The molecular formula is C9H10ClO2Zn. The molecule has 1 rings (SSSR count). The Hall–Kier alpha value is -0.397. The molecule has 0 unspecified atom stereocenters. The molecule has 0 heterocycles. The Bertz CT molecular complexity index is 289. The van der Waals surface area contributed by atoms with E-state index in [1.807, 2.05) is 25.1 Å². The first-order valence-electron chi connectivity index (χ1n) is 3.83. The second-order valence-electron chi connectivity index (χ2n) is 2.42. The number of rotatable bonds is 2. The fourth-order valence-corrected chi connectivity index (χ4v) is 1.66. The minimum absolute atomic E-state index is 0. The van der Waals surface area contributed by atoms with Crippen LogP contribution >= 0.6 is 12.4 Å². The number of ether oxygens (including phenoxy) is 1. The van der Waals surface area contributed by atoms with Crippen LogP contribution in [0.25, 0.3) is 0 Å². The van der Waals surface area contributed by atoms with Crippen molar-refractivity contribution in [1.82, 2.24) is 0 Å². The Morgan fingerprint density at radius 2 is 2.23 bits per heavy atom. The first-order chi connectivity index (χ1) is 5.74. The third-order valence-corrected chi connectivity index (χ3v) is 2.36. The van der Waals surface area contributed by atoms with Crippen molar-refractivity contribution in [2.45, 2.75) is 6.92 Å². The van der Waals surface area contributed by atoms with Gasteiger partial charge in [-0.15, -0.1) is 12.4 Å². The van der Waals surface area contributed by atoms with Crippen LogP contribution in [0.4, 0.5) is 0 Å². The van der Waals surface area contributed by atoms with E-state index in [1.54, 1.807) is 6.07 Å². The zero-order valence-electron chi connectivity index (χ0n) is 7.45. The van der Waals surface area contributed by atoms with Crippen LogP contribution in [0.5, 0.6) is 0 Å². The van der Waals surface area contributed by atoms with Crippen LogP contribution in [-0.2, 0) is 23.0 Å². The fourth-order valence-electron chi connectivity index (χ4n) is 0.913. The van der Waals surface area contributed by atoms with Gasteiger partial charge in [0.05, 0.1) is 0 Å². The molecule has 0 atom stereocenters. The molecular weight excluding hydrogens is 241 g/mol. The van der Waals surface area contributed by atoms with Gasteiger partial charge >= 0.3 is 81.3 Å². The number of carbonyl (C=O) groups excluding carboxylic acids is 1. The molecule has 0 aromatic heterocycles. The molecule has 67 valence electrons. The van der Waals surface area contributed by atoms with Crippen molar-refractivity contribution in [1.29, 1.82) is 0 Å². The molecule has 1 aromatic carbocycles. The predicted octanol–water partition coefficient (Wildman–Crippen LogP) is 1.46. The van der Waals surface area contributed by atoms with Gasteiger partial charge in [-0.3, -0.25) is 0 Å². The minimum Gasteiger partial charge on any atom is -0.147 e. The average Bonchev–Trinajstić information content (AvgIpc) is 2.05. The number of benzene rings is 1. The molecule has 0 aliphatic heterocycles. The Labute approximate surface area is 93.8 Å². The monoisotopic (exact) mass is 249 g/mol. The maximum Gasteiger partial charge on any atom is -0.147 e. The number of halogens is 1. The molecule has 0 amide bonds. The summed E-state index contributed by atoms with van der Waals surface area (Å²) in [7, 11) is 0. The first kappa shape index (κ1) is 12.6. The van der Waals surface area contributed by atoms with E-state index < -0.39 is 0 Å². The number of carbonyl (C=O) groups is 1. The van der Waals surface area contributed by atoms with Gasteiger partial charge in [-0.2, -0.15) is 0 Å². The molecule has 0 N–H and O–H groups in total. The maximum absolute atomic E-state index is 11.2. The van der Waals surface area contributed by atoms with E-state index in [0.717, 1.165) is 18.3 Å². The molecule has 2 nitrogen and oxygen atoms in total. The molecule has 0 radical (unpaired) electrons. The van der Waals surface area contributed by atoms with Crippen molar-refractivity contribution in [3.05, 3.63) is 29.8 Å². The van der Waals surface area contributed by atoms with Crippen molar-refractivity contribution in [2.24, 2.45) is 0 Å². The van der Waals surface area contributed by atoms with Crippen LogP contribution < -0.4 is 4.16 Å². The van der Waals surface area contributed by atoms with Crippen LogP contribution in [0.1, 0.15) is 17.3 Å². The van der Waals surface area contributed by atoms with Gasteiger partial charge in [0.15, 0.2) is 0 Å². The van der Waals surface area contributed by atoms with Crippen molar-refractivity contribution in [2.75, 3.05) is 6.61 Å². The summed E-state index contributed by atoms with van der Waals surface area (Å²) in [4.78, 5) is 11.2. The van der Waals surface area contributed by atoms with Crippen LogP contribution in [0.15, 0.2) is 24.3 Å². The van der Waals surface area contributed by atoms with Gasteiger partial charge < -0.3 is 0 Å². The molecule has 0 saturated carbocycles. The molecule has 1 aromatic rings. The van der Waals surface area contributed by atoms with E-state index >= 15 is 0 Å². The quantitative estimate of drug-likeness (QED) is 0.587. The van der Waals surface area contributed by atoms with Gasteiger partial charge in [0, 0.05) is 0 Å². The Morgan fingerprint density at radius 1 is 1.54 bits per heavy atom. The summed E-state index contributed by atoms with van der Waals surface area (Å²) in [5, 5.41) is 0. The third-order valence-electron chi connectivity index (χ3n) is 1.44. The van der Waals surface area contributed by atoms with Gasteiger partial charge in [-0.25, -0.2) is 0 Å². The van der Waals surface area contributed by atoms with E-state index in [2.05, 4.69) is 0 Å². The molecule has 0 bridgehead atoms. The standard InChI is InChI=1S/C9H9O2.ClH.Zn/c1-2-11-9(10)8-6-4-3-5-7-8;;/h3-4,6-7H,2H2,1H3;1H;. The molecule has 0 aliphatic rings. The summed E-state index contributed by atoms with van der Waals surface area (Å²) in [6.07, 6.45) is 0. The summed E-state index contributed by atoms with van der Waals surface area (Å²) in [6.45, 7) is 2.24. The smallest absolute Gasteiger partial charge is 0.147 e. The predicted molar refractivity (Wildman–Crippen MR) is 49.3 cm³/mol. The molecule has 0 saturated heterocycles. The minimum atomic E-state index is -0.229. The Morgan fingerprint density at radius 3 is 2.77 bits per heavy atom. The largest absolute Gasteiger partial charge is 0.147 e. The van der Waals surface area contributed by atoms with Crippen molar-refractivity contribution in [3.63, 3.8) is 0 Å². The Kier molecular flexibility index (Phi) is 5.93. The second-order valence-corrected chi connectivity index (χ2v) is 4.13. The van der Waals surface area contributed by atoms with E-state index in [4.69, 9.17) is 4.74 Å². The van der Waals surface area contributed by atoms with Crippen LogP contribution in [0.3, 0.4) is 0 Å². The SMILES string of the molecule is CCOC(=O)c1ccc[c]([Zn])c1.Cl. The Balaban J connectivity index is 0.00000144. The van der Waals surface area contributed by atoms with Crippen molar-refractivity contribution >= 4 is 22.5 Å². The molecule has 0 aliphatic carbocycles. The van der Waals surface area contributed by atoms with Gasteiger partial charge in [0.2, 0.25) is 0 Å². The van der Waals surface area contributed by atoms with Gasteiger partial charge in [-0.05, 0) is 0 Å². The average molecular weight is 251 g/mol.